The number of rotatable bonds is 68. The molecule has 0 aromatic carbocycles. The molecule has 0 aliphatic rings. The highest BCUT2D eigenvalue weighted by atomic mass is 28.6. The maximum atomic E-state index is 7.04. The molecule has 0 saturated carbocycles. The second kappa shape index (κ2) is 48.9. The number of hydrogen-bond acceptors (Lipinski definition) is 34. The molecule has 134 heavy (non-hydrogen) atoms. The SMILES string of the molecule is CCO[Si](OCC)(OCC)O[Si](C)(C)O[Si](C)(C)O[Si](C)(C)O[Si](C)(C)O[Si](C)(C)O[Si](C)(C)O[Si](C)(C)O[Si](C)(C)O[Si](C)(C)O[Si](C)(C)O[Si](C)(C)O[Si](C)(C)O[Si](C)(C)O[Si](C)(C)O[Si](C)(C)O[Si](C)(C)O[Si](C)(C)O[Si](C)(C)O[Si](C)(C)O[Si](C)(C)O[Si](C)(C)O[Si](C)(C)O[Si](C)(C)O[Si](C)(C)O[Si](C)(C)O[Si](C)(C)O[Si](C)(C)O[Si](C)(C)O[Si](C)(C)O[Si](C)(C)O[SiH](C)C. The summed E-state index contributed by atoms with van der Waals surface area (Å²) in [7, 11) is -91.2. The first-order valence-corrected chi connectivity index (χ1v) is 136. The van der Waals surface area contributed by atoms with Gasteiger partial charge < -0.3 is 141 Å². The standard InChI is InChI=1S/C68H202O34Si32/c1-66-69-134(70-67-2,71-68-3)102-133(64,65)101-132(62,63)100-131(60,61)99-130(58,59)98-129(56,57)97-128(54,55)96-127(52,53)95-126(50,51)94-125(48,49)93-124(46,47)92-123(44,45)91-122(42,43)90-121(40,41)89-120(38,39)88-119(36,37)87-118(34,35)86-117(32,33)85-116(30,31)84-115(28,29)83-114(26,27)82-113(24,25)81-112(22,23)80-111(20,21)79-110(18,19)78-109(16,17)77-108(14,15)76-107(12,13)75-106(10,11)74-105(8,9)73-104(6,7)72-103(4)5/h103H,66-68H2,1-65H3. The Morgan fingerprint density at radius 2 is 0.179 bits per heavy atom. The van der Waals surface area contributed by atoms with Gasteiger partial charge in [-0.2, -0.15) is 0 Å². The zero-order valence-electron chi connectivity index (χ0n) is 97.1. The minimum Gasteiger partial charge on any atom is -0.440 e. The van der Waals surface area contributed by atoms with Gasteiger partial charge in [0.15, 0.2) is 9.04 Å². The summed E-state index contributed by atoms with van der Waals surface area (Å²) in [5.74, 6) is 0. The van der Waals surface area contributed by atoms with Crippen molar-refractivity contribution in [3.63, 3.8) is 0 Å². The molecule has 0 spiro atoms. The third kappa shape index (κ3) is 62.5. The van der Waals surface area contributed by atoms with E-state index in [2.05, 4.69) is 236 Å². The van der Waals surface area contributed by atoms with Crippen molar-refractivity contribution in [2.24, 2.45) is 0 Å². The van der Waals surface area contributed by atoms with Gasteiger partial charge in [-0.1, -0.05) is 0 Å². The van der Waals surface area contributed by atoms with Gasteiger partial charge >= 0.3 is 266 Å². The van der Waals surface area contributed by atoms with Crippen LogP contribution in [0.1, 0.15) is 20.8 Å². The van der Waals surface area contributed by atoms with Crippen LogP contribution in [0.5, 0.6) is 0 Å². The third-order valence-electron chi connectivity index (χ3n) is 16.1. The molecule has 0 saturated heterocycles. The highest BCUT2D eigenvalue weighted by Crippen LogP contribution is 2.39. The Kier molecular flexibility index (Phi) is 50.9. The van der Waals surface area contributed by atoms with Gasteiger partial charge in [0, 0.05) is 19.8 Å². The van der Waals surface area contributed by atoms with Gasteiger partial charge in [0.05, 0.1) is 0 Å². The van der Waals surface area contributed by atoms with E-state index in [4.69, 9.17) is 141 Å². The first kappa shape index (κ1) is 140. The molecule has 0 aromatic rings. The smallest absolute Gasteiger partial charge is 0.440 e. The van der Waals surface area contributed by atoms with Gasteiger partial charge in [-0.05, 0) is 427 Å². The fourth-order valence-corrected chi connectivity index (χ4v) is 182. The highest BCUT2D eigenvalue weighted by molar-refractivity contribution is 6.99. The first-order valence-electron chi connectivity index (χ1n) is 47.4. The molecule has 66 heteroatoms. The molecule has 0 atom stereocenters. The summed E-state index contributed by atoms with van der Waals surface area (Å²) >= 11 is 0. The van der Waals surface area contributed by atoms with Crippen molar-refractivity contribution in [1.29, 1.82) is 0 Å². The normalized spacial score (nSPS) is 16.1. The van der Waals surface area contributed by atoms with Crippen LogP contribution in [-0.2, 0) is 141 Å². The van der Waals surface area contributed by atoms with E-state index >= 15 is 0 Å². The lowest BCUT2D eigenvalue weighted by atomic mass is 10.9. The summed E-state index contributed by atoms with van der Waals surface area (Å²) in [6.45, 7) is 134. The van der Waals surface area contributed by atoms with Gasteiger partial charge in [-0.3, -0.25) is 0 Å². The van der Waals surface area contributed by atoms with E-state index in [-0.39, 0.29) is 0 Å². The van der Waals surface area contributed by atoms with Crippen molar-refractivity contribution < 1.29 is 141 Å². The van der Waals surface area contributed by atoms with Gasteiger partial charge in [-0.15, -0.1) is 0 Å². The molecule has 0 radical (unpaired) electrons. The Balaban J connectivity index is 6.00. The lowest BCUT2D eigenvalue weighted by molar-refractivity contribution is 0.00137. The summed E-state index contributed by atoms with van der Waals surface area (Å²) in [4.78, 5) is 0. The molecule has 0 aliphatic heterocycles. The van der Waals surface area contributed by atoms with E-state index < -0.39 is 275 Å². The zero-order valence-corrected chi connectivity index (χ0v) is 129. The Morgan fingerprint density at radius 1 is 0.112 bits per heavy atom. The molecule has 0 unspecified atom stereocenters. The van der Waals surface area contributed by atoms with Crippen molar-refractivity contribution in [3.8, 4) is 0 Å². The zero-order chi connectivity index (χ0) is 107. The monoisotopic (exact) mass is 2460 g/mol. The topological polar surface area (TPSA) is 314 Å². The maximum absolute atomic E-state index is 7.04. The maximum Gasteiger partial charge on any atom is 0.670 e. The fourth-order valence-electron chi connectivity index (χ4n) is 19.4. The summed E-state index contributed by atoms with van der Waals surface area (Å²) in [5.41, 5.74) is 0. The quantitative estimate of drug-likeness (QED) is 0.0511. The van der Waals surface area contributed by atoms with Crippen molar-refractivity contribution in [2.75, 3.05) is 19.8 Å². The molecule has 806 valence electrons. The highest BCUT2D eigenvalue weighted by Gasteiger charge is 2.60. The van der Waals surface area contributed by atoms with Gasteiger partial charge in [-0.25, -0.2) is 0 Å². The van der Waals surface area contributed by atoms with Crippen LogP contribution in [0.4, 0.5) is 0 Å². The van der Waals surface area contributed by atoms with Gasteiger partial charge in [0.25, 0.3) is 0 Å². The lowest BCUT2D eigenvalue weighted by Gasteiger charge is -2.45. The Morgan fingerprint density at radius 3 is 0.246 bits per heavy atom. The molecular formula is C68H202O34Si32. The molecule has 0 rings (SSSR count). The predicted octanol–water partition coefficient (Wildman–Crippen LogP) is 23.1. The summed E-state index contributed by atoms with van der Waals surface area (Å²) in [6, 6.07) is 0. The van der Waals surface area contributed by atoms with Gasteiger partial charge in [0.2, 0.25) is 0 Å². The summed E-state index contributed by atoms with van der Waals surface area (Å²) in [5, 5.41) is 0. The second-order valence-corrected chi connectivity index (χ2v) is 161. The second-order valence-electron chi connectivity index (χ2n) is 48.0. The molecule has 0 fully saturated rings. The lowest BCUT2D eigenvalue weighted by Crippen LogP contribution is -2.63. The van der Waals surface area contributed by atoms with Gasteiger partial charge in [0.1, 0.15) is 0 Å². The minimum atomic E-state index is -3.46. The molecule has 0 N–H and O–H groups in total. The largest absolute Gasteiger partial charge is 0.670 e. The molecule has 0 aliphatic carbocycles. The van der Waals surface area contributed by atoms with E-state index in [0.717, 1.165) is 0 Å². The van der Waals surface area contributed by atoms with Crippen LogP contribution in [0.2, 0.25) is 406 Å². The van der Waals surface area contributed by atoms with E-state index in [1.165, 1.54) is 0 Å². The first-order chi connectivity index (χ1) is 57.8. The van der Waals surface area contributed by atoms with Crippen LogP contribution in [0, 0.1) is 0 Å². The molecule has 0 amide bonds. The predicted molar refractivity (Wildman–Crippen MR) is 618 cm³/mol. The third-order valence-corrected chi connectivity index (χ3v) is 139. The average Bonchev–Trinajstić information content (AvgIpc) is 0.798. The van der Waals surface area contributed by atoms with Crippen LogP contribution >= 0.6 is 0 Å². The van der Waals surface area contributed by atoms with Crippen LogP contribution in [0.3, 0.4) is 0 Å². The van der Waals surface area contributed by atoms with Crippen molar-refractivity contribution in [1.82, 2.24) is 0 Å². The van der Waals surface area contributed by atoms with Crippen molar-refractivity contribution >= 4 is 275 Å². The molecule has 0 heterocycles. The van der Waals surface area contributed by atoms with Crippen molar-refractivity contribution in [2.45, 2.75) is 427 Å². The van der Waals surface area contributed by atoms with E-state index in [0.29, 0.717) is 19.8 Å². The van der Waals surface area contributed by atoms with Crippen LogP contribution < -0.4 is 0 Å². The molecule has 34 nitrogen and oxygen atoms in total. The van der Waals surface area contributed by atoms with Crippen LogP contribution in [0.15, 0.2) is 0 Å². The van der Waals surface area contributed by atoms with Crippen LogP contribution in [-0.4, -0.2) is 295 Å². The van der Waals surface area contributed by atoms with E-state index in [1.54, 1.807) is 0 Å². The van der Waals surface area contributed by atoms with E-state index in [1.807, 2.05) is 191 Å². The number of hydrogen-bond donors (Lipinski definition) is 0. The minimum absolute atomic E-state index is 0.381. The van der Waals surface area contributed by atoms with E-state index in [9.17, 15) is 0 Å². The fraction of sp³-hybridized carbons (Fsp3) is 1.00. The summed E-state index contributed by atoms with van der Waals surface area (Å²) in [6.07, 6.45) is 0. The molecule has 0 aromatic heterocycles. The Bertz CT molecular complexity index is 3430. The van der Waals surface area contributed by atoms with Crippen molar-refractivity contribution in [3.05, 3.63) is 0 Å². The average molecular weight is 2460 g/mol. The van der Waals surface area contributed by atoms with Crippen LogP contribution in [0.25, 0.3) is 0 Å². The molecule has 0 bridgehead atoms. The Hall–Kier alpha value is 5.58. The summed E-state index contributed by atoms with van der Waals surface area (Å²) < 4.78 is 233. The Labute approximate surface area is 854 Å². The molecular weight excluding hydrogens is 2260 g/mol.